The third-order valence-corrected chi connectivity index (χ3v) is 6.64. The van der Waals surface area contributed by atoms with E-state index in [1.165, 1.54) is 96.7 Å². The Morgan fingerprint density at radius 2 is 1.25 bits per heavy atom. The lowest BCUT2D eigenvalue weighted by atomic mass is 9.75. The summed E-state index contributed by atoms with van der Waals surface area (Å²) in [4.78, 5) is 2.69. The van der Waals surface area contributed by atoms with E-state index in [2.05, 4.69) is 4.90 Å². The molecule has 1 N–H and O–H groups in total. The Bertz CT molecular complexity index is 291. The highest BCUT2D eigenvalue weighted by Crippen LogP contribution is 2.46. The number of likely N-dealkylation sites (tertiary alicyclic amines) is 1. The fourth-order valence-corrected chi connectivity index (χ4v) is 5.13. The van der Waals surface area contributed by atoms with Crippen molar-refractivity contribution in [2.75, 3.05) is 26.2 Å². The van der Waals surface area contributed by atoms with Gasteiger partial charge < -0.3 is 10.0 Å². The number of aliphatic hydroxyl groups is 1. The van der Waals surface area contributed by atoms with Crippen molar-refractivity contribution in [1.82, 2.24) is 4.90 Å². The minimum Gasteiger partial charge on any atom is -0.396 e. The summed E-state index contributed by atoms with van der Waals surface area (Å²) in [5, 5.41) is 9.98. The van der Waals surface area contributed by atoms with Crippen LogP contribution in [0.1, 0.15) is 77.0 Å². The zero-order valence-electron chi connectivity index (χ0n) is 13.2. The van der Waals surface area contributed by atoms with Gasteiger partial charge in [0.2, 0.25) is 0 Å². The van der Waals surface area contributed by atoms with Crippen molar-refractivity contribution in [2.24, 2.45) is 10.8 Å². The predicted molar refractivity (Wildman–Crippen MR) is 83.8 cm³/mol. The molecule has 0 unspecified atom stereocenters. The Morgan fingerprint density at radius 1 is 0.700 bits per heavy atom. The van der Waals surface area contributed by atoms with Crippen LogP contribution >= 0.6 is 0 Å². The van der Waals surface area contributed by atoms with Gasteiger partial charge in [-0.2, -0.15) is 0 Å². The molecule has 1 spiro atoms. The van der Waals surface area contributed by atoms with Gasteiger partial charge in [-0.15, -0.1) is 0 Å². The van der Waals surface area contributed by atoms with Gasteiger partial charge >= 0.3 is 0 Å². The lowest BCUT2D eigenvalue weighted by Gasteiger charge is -2.43. The van der Waals surface area contributed by atoms with E-state index in [0.29, 0.717) is 6.61 Å². The number of aliphatic hydroxyl groups excluding tert-OH is 1. The molecule has 1 heterocycles. The molecular formula is C18H33NO. The first-order valence-electron chi connectivity index (χ1n) is 9.09. The monoisotopic (exact) mass is 279 g/mol. The molecular weight excluding hydrogens is 246 g/mol. The van der Waals surface area contributed by atoms with E-state index < -0.39 is 0 Å². The summed E-state index contributed by atoms with van der Waals surface area (Å²) in [6.45, 7) is 4.16. The summed E-state index contributed by atoms with van der Waals surface area (Å²) in [6.07, 6.45) is 16.7. The summed E-state index contributed by atoms with van der Waals surface area (Å²) < 4.78 is 0. The predicted octanol–water partition coefficient (Wildman–Crippen LogP) is 3.98. The van der Waals surface area contributed by atoms with Gasteiger partial charge in [0.05, 0.1) is 0 Å². The first-order chi connectivity index (χ1) is 9.76. The second-order valence-electron chi connectivity index (χ2n) is 8.06. The van der Waals surface area contributed by atoms with Crippen LogP contribution in [0, 0.1) is 10.8 Å². The highest BCUT2D eigenvalue weighted by Gasteiger charge is 2.39. The minimum absolute atomic E-state index is 0.233. The molecule has 116 valence electrons. The van der Waals surface area contributed by atoms with Gasteiger partial charge in [-0.3, -0.25) is 0 Å². The summed E-state index contributed by atoms with van der Waals surface area (Å²) in [5.41, 5.74) is 0.961. The smallest absolute Gasteiger partial charge is 0.0499 e. The lowest BCUT2D eigenvalue weighted by Crippen LogP contribution is -2.46. The van der Waals surface area contributed by atoms with Crippen LogP contribution in [-0.2, 0) is 0 Å². The second kappa shape index (κ2) is 6.36. The molecule has 2 aliphatic carbocycles. The number of rotatable bonds is 3. The number of hydrogen-bond acceptors (Lipinski definition) is 2. The molecule has 0 aromatic carbocycles. The molecule has 0 aromatic rings. The molecule has 0 radical (unpaired) electrons. The van der Waals surface area contributed by atoms with E-state index in [4.69, 9.17) is 0 Å². The van der Waals surface area contributed by atoms with Crippen molar-refractivity contribution in [2.45, 2.75) is 77.0 Å². The molecule has 2 nitrogen and oxygen atoms in total. The molecule has 1 aliphatic heterocycles. The Labute approximate surface area is 124 Å². The standard InChI is InChI=1S/C18H33NO/c20-16-18(9-3-1-2-4-10-18)15-19-13-11-17(12-14-19)7-5-6-8-17/h20H,1-16H2. The average molecular weight is 279 g/mol. The third-order valence-electron chi connectivity index (χ3n) is 6.64. The number of nitrogens with zero attached hydrogens (tertiary/aromatic N) is 1. The molecule has 1 saturated heterocycles. The highest BCUT2D eigenvalue weighted by molar-refractivity contribution is 4.92. The van der Waals surface area contributed by atoms with Gasteiger partial charge in [0.25, 0.3) is 0 Å². The van der Waals surface area contributed by atoms with Crippen molar-refractivity contribution in [3.05, 3.63) is 0 Å². The summed E-state index contributed by atoms with van der Waals surface area (Å²) in [6, 6.07) is 0. The molecule has 2 saturated carbocycles. The molecule has 0 atom stereocenters. The zero-order valence-corrected chi connectivity index (χ0v) is 13.2. The van der Waals surface area contributed by atoms with Crippen LogP contribution < -0.4 is 0 Å². The maximum atomic E-state index is 9.98. The van der Waals surface area contributed by atoms with Crippen molar-refractivity contribution in [1.29, 1.82) is 0 Å². The van der Waals surface area contributed by atoms with Crippen LogP contribution in [-0.4, -0.2) is 36.2 Å². The van der Waals surface area contributed by atoms with Crippen molar-refractivity contribution in [3.63, 3.8) is 0 Å². The third kappa shape index (κ3) is 3.22. The highest BCUT2D eigenvalue weighted by atomic mass is 16.3. The van der Waals surface area contributed by atoms with Gasteiger partial charge in [0.1, 0.15) is 0 Å². The Morgan fingerprint density at radius 3 is 1.80 bits per heavy atom. The van der Waals surface area contributed by atoms with Crippen LogP contribution in [0.15, 0.2) is 0 Å². The van der Waals surface area contributed by atoms with Crippen LogP contribution in [0.2, 0.25) is 0 Å². The quantitative estimate of drug-likeness (QED) is 0.790. The second-order valence-corrected chi connectivity index (χ2v) is 8.06. The van der Waals surface area contributed by atoms with E-state index in [-0.39, 0.29) is 5.41 Å². The Kier molecular flexibility index (Phi) is 4.72. The minimum atomic E-state index is 0.233. The Hall–Kier alpha value is -0.0800. The zero-order chi connectivity index (χ0) is 13.9. The SMILES string of the molecule is OCC1(CN2CCC3(CCCC3)CC2)CCCCCC1. The largest absolute Gasteiger partial charge is 0.396 e. The maximum absolute atomic E-state index is 9.98. The van der Waals surface area contributed by atoms with Crippen LogP contribution in [0.4, 0.5) is 0 Å². The molecule has 3 aliphatic rings. The van der Waals surface area contributed by atoms with Crippen molar-refractivity contribution < 1.29 is 5.11 Å². The normalized spacial score (nSPS) is 30.4. The number of piperidine rings is 1. The molecule has 0 amide bonds. The van der Waals surface area contributed by atoms with Gasteiger partial charge in [0, 0.05) is 18.6 Å². The topological polar surface area (TPSA) is 23.5 Å². The molecule has 3 fully saturated rings. The van der Waals surface area contributed by atoms with Gasteiger partial charge in [0.15, 0.2) is 0 Å². The molecule has 0 aromatic heterocycles. The summed E-state index contributed by atoms with van der Waals surface area (Å²) in [7, 11) is 0. The van der Waals surface area contributed by atoms with Crippen molar-refractivity contribution in [3.8, 4) is 0 Å². The fraction of sp³-hybridized carbons (Fsp3) is 1.00. The fourth-order valence-electron chi connectivity index (χ4n) is 5.13. The van der Waals surface area contributed by atoms with E-state index in [9.17, 15) is 5.11 Å². The van der Waals surface area contributed by atoms with Crippen LogP contribution in [0.5, 0.6) is 0 Å². The maximum Gasteiger partial charge on any atom is 0.0499 e. The van der Waals surface area contributed by atoms with Gasteiger partial charge in [-0.1, -0.05) is 38.5 Å². The van der Waals surface area contributed by atoms with E-state index >= 15 is 0 Å². The van der Waals surface area contributed by atoms with E-state index in [0.717, 1.165) is 5.41 Å². The average Bonchev–Trinajstić information content (AvgIpc) is 2.80. The Balaban J connectivity index is 1.54. The molecule has 20 heavy (non-hydrogen) atoms. The summed E-state index contributed by atoms with van der Waals surface area (Å²) in [5.74, 6) is 0. The van der Waals surface area contributed by atoms with Crippen LogP contribution in [0.3, 0.4) is 0 Å². The van der Waals surface area contributed by atoms with Gasteiger partial charge in [-0.25, -0.2) is 0 Å². The van der Waals surface area contributed by atoms with Gasteiger partial charge in [-0.05, 0) is 57.0 Å². The molecule has 2 heteroatoms. The molecule has 3 rings (SSSR count). The first-order valence-corrected chi connectivity index (χ1v) is 9.09. The first kappa shape index (κ1) is 14.8. The lowest BCUT2D eigenvalue weighted by molar-refractivity contribution is 0.0276. The van der Waals surface area contributed by atoms with E-state index in [1.54, 1.807) is 0 Å². The van der Waals surface area contributed by atoms with Crippen molar-refractivity contribution >= 4 is 0 Å². The number of hydrogen-bond donors (Lipinski definition) is 1. The van der Waals surface area contributed by atoms with Crippen LogP contribution in [0.25, 0.3) is 0 Å². The summed E-state index contributed by atoms with van der Waals surface area (Å²) >= 11 is 0. The van der Waals surface area contributed by atoms with E-state index in [1.807, 2.05) is 0 Å². The molecule has 0 bridgehead atoms.